The van der Waals surface area contributed by atoms with Gasteiger partial charge in [0, 0.05) is 24.1 Å². The molecule has 0 aliphatic carbocycles. The topological polar surface area (TPSA) is 72.1 Å². The number of likely N-dealkylation sites (tertiary alicyclic amines) is 1. The van der Waals surface area contributed by atoms with Crippen LogP contribution in [0.25, 0.3) is 11.0 Å². The summed E-state index contributed by atoms with van der Waals surface area (Å²) in [5.74, 6) is 0.170. The molecule has 6 heteroatoms. The summed E-state index contributed by atoms with van der Waals surface area (Å²) in [6, 6.07) is 5.26. The predicted octanol–water partition coefficient (Wildman–Crippen LogP) is 2.79. The van der Waals surface area contributed by atoms with Gasteiger partial charge in [-0.2, -0.15) is 0 Å². The number of aryl methyl sites for hydroxylation is 1. The Kier molecular flexibility index (Phi) is 4.98. The lowest BCUT2D eigenvalue weighted by Gasteiger charge is -2.38. The van der Waals surface area contributed by atoms with Crippen LogP contribution in [-0.2, 0) is 22.4 Å². The summed E-state index contributed by atoms with van der Waals surface area (Å²) in [7, 11) is 0. The van der Waals surface area contributed by atoms with Gasteiger partial charge >= 0.3 is 5.63 Å². The minimum absolute atomic E-state index is 0.170. The van der Waals surface area contributed by atoms with E-state index in [2.05, 4.69) is 4.90 Å². The number of ether oxygens (including phenoxy) is 2. The van der Waals surface area contributed by atoms with Crippen molar-refractivity contribution in [2.75, 3.05) is 19.8 Å². The van der Waals surface area contributed by atoms with E-state index in [1.54, 1.807) is 12.1 Å². The molecule has 0 bridgehead atoms. The van der Waals surface area contributed by atoms with Crippen molar-refractivity contribution < 1.29 is 19.0 Å². The maximum atomic E-state index is 12.0. The first-order valence-corrected chi connectivity index (χ1v) is 9.41. The van der Waals surface area contributed by atoms with Crippen LogP contribution in [0.4, 0.5) is 0 Å². The van der Waals surface area contributed by atoms with E-state index in [1.165, 1.54) is 0 Å². The van der Waals surface area contributed by atoms with Crippen LogP contribution in [0.2, 0.25) is 0 Å². The number of fused-ring (bicyclic) bond motifs is 1. The number of nitrogens with zero attached hydrogens (tertiary/aromatic N) is 1. The number of benzene rings is 1. The first-order valence-electron chi connectivity index (χ1n) is 9.41. The number of piperidine rings is 1. The third kappa shape index (κ3) is 3.37. The van der Waals surface area contributed by atoms with Gasteiger partial charge in [-0.25, -0.2) is 4.79 Å². The van der Waals surface area contributed by atoms with E-state index < -0.39 is 5.63 Å². The Morgan fingerprint density at radius 3 is 2.73 bits per heavy atom. The molecule has 4 rings (SSSR count). The molecule has 3 heterocycles. The van der Waals surface area contributed by atoms with Gasteiger partial charge < -0.3 is 19.0 Å². The Morgan fingerprint density at radius 2 is 1.96 bits per heavy atom. The lowest BCUT2D eigenvalue weighted by atomic mass is 9.99. The third-order valence-electron chi connectivity index (χ3n) is 5.41. The Morgan fingerprint density at radius 1 is 1.15 bits per heavy atom. The molecule has 2 aliphatic heterocycles. The standard InChI is InChI=1S/C20H25NO5/c1-2-13-9-15-14(10-19(23)26-18(15)11-17(13)22)12-21-6-4-3-5-16(21)20-24-7-8-25-20/h9-11,16,20,22H,2-8,12H2,1H3. The molecular weight excluding hydrogens is 334 g/mol. The second-order valence-electron chi connectivity index (χ2n) is 7.06. The summed E-state index contributed by atoms with van der Waals surface area (Å²) in [4.78, 5) is 14.4. The van der Waals surface area contributed by atoms with Crippen molar-refractivity contribution in [3.8, 4) is 5.75 Å². The van der Waals surface area contributed by atoms with Crippen molar-refractivity contribution in [2.45, 2.75) is 51.5 Å². The van der Waals surface area contributed by atoms with E-state index in [4.69, 9.17) is 13.9 Å². The van der Waals surface area contributed by atoms with Crippen molar-refractivity contribution >= 4 is 11.0 Å². The van der Waals surface area contributed by atoms with Gasteiger partial charge in [0.15, 0.2) is 6.29 Å². The molecule has 0 spiro atoms. The van der Waals surface area contributed by atoms with Crippen LogP contribution in [0, 0.1) is 0 Å². The summed E-state index contributed by atoms with van der Waals surface area (Å²) in [5, 5.41) is 11.0. The molecule has 26 heavy (non-hydrogen) atoms. The summed E-state index contributed by atoms with van der Waals surface area (Å²) in [5.41, 5.74) is 1.82. The van der Waals surface area contributed by atoms with Crippen molar-refractivity contribution in [3.63, 3.8) is 0 Å². The fourth-order valence-corrected chi connectivity index (χ4v) is 4.06. The molecule has 2 aromatic rings. The van der Waals surface area contributed by atoms with Gasteiger partial charge in [-0.05, 0) is 43.0 Å². The van der Waals surface area contributed by atoms with Crippen LogP contribution in [0.3, 0.4) is 0 Å². The monoisotopic (exact) mass is 359 g/mol. The zero-order valence-corrected chi connectivity index (χ0v) is 15.1. The van der Waals surface area contributed by atoms with Crippen LogP contribution in [-0.4, -0.2) is 42.1 Å². The average Bonchev–Trinajstić information content (AvgIpc) is 3.16. The van der Waals surface area contributed by atoms with Gasteiger partial charge in [0.2, 0.25) is 0 Å². The minimum Gasteiger partial charge on any atom is -0.508 e. The molecular formula is C20H25NO5. The van der Waals surface area contributed by atoms with E-state index in [-0.39, 0.29) is 18.1 Å². The Hall–Kier alpha value is -1.89. The molecule has 2 saturated heterocycles. The minimum atomic E-state index is -0.391. The number of phenolic OH excluding ortho intramolecular Hbond substituents is 1. The van der Waals surface area contributed by atoms with Crippen molar-refractivity contribution in [3.05, 3.63) is 39.7 Å². The smallest absolute Gasteiger partial charge is 0.336 e. The largest absolute Gasteiger partial charge is 0.508 e. The van der Waals surface area contributed by atoms with Crippen molar-refractivity contribution in [1.82, 2.24) is 4.90 Å². The molecule has 1 aromatic carbocycles. The van der Waals surface area contributed by atoms with E-state index >= 15 is 0 Å². The fraction of sp³-hybridized carbons (Fsp3) is 0.550. The van der Waals surface area contributed by atoms with Crippen LogP contribution < -0.4 is 5.63 Å². The van der Waals surface area contributed by atoms with Crippen LogP contribution in [0.5, 0.6) is 5.75 Å². The fourth-order valence-electron chi connectivity index (χ4n) is 4.06. The molecule has 1 aromatic heterocycles. The van der Waals surface area contributed by atoms with Crippen LogP contribution in [0.15, 0.2) is 27.4 Å². The third-order valence-corrected chi connectivity index (χ3v) is 5.41. The first kappa shape index (κ1) is 17.5. The molecule has 0 amide bonds. The highest BCUT2D eigenvalue weighted by Gasteiger charge is 2.33. The van der Waals surface area contributed by atoms with Gasteiger partial charge in [-0.15, -0.1) is 0 Å². The number of phenols is 1. The van der Waals surface area contributed by atoms with Gasteiger partial charge in [0.05, 0.1) is 19.3 Å². The quantitative estimate of drug-likeness (QED) is 0.847. The number of hydrogen-bond donors (Lipinski definition) is 1. The SMILES string of the molecule is CCc1cc2c(CN3CCCCC3C3OCCO3)cc(=O)oc2cc1O. The molecule has 140 valence electrons. The van der Waals surface area contributed by atoms with Crippen LogP contribution >= 0.6 is 0 Å². The molecule has 2 aliphatic rings. The van der Waals surface area contributed by atoms with Crippen molar-refractivity contribution in [1.29, 1.82) is 0 Å². The van der Waals surface area contributed by atoms with Gasteiger partial charge in [-0.1, -0.05) is 13.3 Å². The van der Waals surface area contributed by atoms with Gasteiger partial charge in [0.25, 0.3) is 0 Å². The lowest BCUT2D eigenvalue weighted by Crippen LogP contribution is -2.46. The van der Waals surface area contributed by atoms with E-state index in [0.717, 1.165) is 48.7 Å². The first-order chi connectivity index (χ1) is 12.7. The summed E-state index contributed by atoms with van der Waals surface area (Å²) in [6.07, 6.45) is 3.86. The Labute approximate surface area is 152 Å². The molecule has 1 N–H and O–H groups in total. The summed E-state index contributed by atoms with van der Waals surface area (Å²) < 4.78 is 16.8. The summed E-state index contributed by atoms with van der Waals surface area (Å²) >= 11 is 0. The van der Waals surface area contributed by atoms with Crippen LogP contribution in [0.1, 0.15) is 37.3 Å². The van der Waals surface area contributed by atoms with E-state index in [9.17, 15) is 9.90 Å². The second kappa shape index (κ2) is 7.39. The highest BCUT2D eigenvalue weighted by Crippen LogP contribution is 2.30. The van der Waals surface area contributed by atoms with Crippen molar-refractivity contribution in [2.24, 2.45) is 0 Å². The average molecular weight is 359 g/mol. The number of rotatable bonds is 4. The Balaban J connectivity index is 1.69. The maximum Gasteiger partial charge on any atom is 0.336 e. The molecule has 1 unspecified atom stereocenters. The summed E-state index contributed by atoms with van der Waals surface area (Å²) in [6.45, 7) is 4.88. The molecule has 2 fully saturated rings. The second-order valence-corrected chi connectivity index (χ2v) is 7.06. The molecule has 0 radical (unpaired) electrons. The maximum absolute atomic E-state index is 12.0. The normalized spacial score (nSPS) is 22.3. The lowest BCUT2D eigenvalue weighted by molar-refractivity contribution is -0.111. The van der Waals surface area contributed by atoms with E-state index in [1.807, 2.05) is 13.0 Å². The highest BCUT2D eigenvalue weighted by molar-refractivity contribution is 5.82. The van der Waals surface area contributed by atoms with Gasteiger partial charge in [0.1, 0.15) is 11.3 Å². The molecule has 6 nitrogen and oxygen atoms in total. The van der Waals surface area contributed by atoms with Gasteiger partial charge in [-0.3, -0.25) is 4.90 Å². The van der Waals surface area contributed by atoms with E-state index in [0.29, 0.717) is 25.3 Å². The zero-order valence-electron chi connectivity index (χ0n) is 15.1. The number of aromatic hydroxyl groups is 1. The zero-order chi connectivity index (χ0) is 18.1. The molecule has 0 saturated carbocycles. The number of hydrogen-bond acceptors (Lipinski definition) is 6. The highest BCUT2D eigenvalue weighted by atomic mass is 16.7. The Bertz CT molecular complexity index is 840. The molecule has 1 atom stereocenters. The predicted molar refractivity (Wildman–Crippen MR) is 97.3 cm³/mol.